The minimum absolute atomic E-state index is 0.0649. The number of methoxy groups -OCH3 is 1. The highest BCUT2D eigenvalue weighted by Gasteiger charge is 2.58. The molecule has 3 atom stereocenters. The molecule has 0 N–H and O–H groups in total. The van der Waals surface area contributed by atoms with Crippen LogP contribution in [0.5, 0.6) is 0 Å². The fraction of sp³-hybridized carbons (Fsp3) is 0.481. The van der Waals surface area contributed by atoms with Crippen molar-refractivity contribution < 1.29 is 58.6 Å². The molecule has 42 heavy (non-hydrogen) atoms. The first-order chi connectivity index (χ1) is 19.4. The van der Waals surface area contributed by atoms with Gasteiger partial charge < -0.3 is 9.47 Å². The lowest BCUT2D eigenvalue weighted by Crippen LogP contribution is -2.58. The number of hydrogen-bond acceptors (Lipinski definition) is 4. The number of carbonyl (C=O) groups excluding carboxylic acids is 2. The smallest absolute Gasteiger partial charge is 0.416 e. The fourth-order valence-electron chi connectivity index (χ4n) is 5.09. The molecule has 0 radical (unpaired) electrons. The maximum Gasteiger partial charge on any atom is 0.416 e. The minimum Gasteiger partial charge on any atom is -0.453 e. The third-order valence-corrected chi connectivity index (χ3v) is 6.77. The van der Waals surface area contributed by atoms with E-state index in [2.05, 4.69) is 4.74 Å². The molecule has 232 valence electrons. The van der Waals surface area contributed by atoms with E-state index in [4.69, 9.17) is 4.74 Å². The van der Waals surface area contributed by atoms with Crippen LogP contribution in [-0.2, 0) is 28.4 Å². The predicted molar refractivity (Wildman–Crippen MR) is 131 cm³/mol. The number of nitrogens with zero attached hydrogens (tertiary/aromatic N) is 2. The molecule has 1 aliphatic rings. The number of benzene rings is 2. The highest BCUT2D eigenvalue weighted by atomic mass is 19.4. The van der Waals surface area contributed by atoms with Gasteiger partial charge in [0.05, 0.1) is 42.6 Å². The van der Waals surface area contributed by atoms with Gasteiger partial charge in [0.2, 0.25) is 0 Å². The van der Waals surface area contributed by atoms with E-state index >= 15 is 0 Å². The summed E-state index contributed by atoms with van der Waals surface area (Å²) in [5, 5.41) is 0. The quantitative estimate of drug-likeness (QED) is 0.307. The number of amides is 2. The van der Waals surface area contributed by atoms with Crippen LogP contribution >= 0.6 is 0 Å². The molecule has 0 saturated carbocycles. The zero-order chi connectivity index (χ0) is 31.6. The lowest BCUT2D eigenvalue weighted by molar-refractivity contribution is -0.199. The van der Waals surface area contributed by atoms with E-state index in [1.807, 2.05) is 0 Å². The van der Waals surface area contributed by atoms with E-state index in [1.165, 1.54) is 31.2 Å². The number of para-hydroxylation sites is 1. The number of ether oxygens (including phenoxy) is 2. The van der Waals surface area contributed by atoms with Gasteiger partial charge in [0.1, 0.15) is 5.92 Å². The molecule has 1 aliphatic heterocycles. The molecular weight excluding hydrogens is 587 g/mol. The zero-order valence-electron chi connectivity index (χ0n) is 22.5. The number of hydrogen-bond donors (Lipinski definition) is 0. The van der Waals surface area contributed by atoms with E-state index in [0.29, 0.717) is 23.5 Å². The van der Waals surface area contributed by atoms with Gasteiger partial charge in [-0.2, -0.15) is 39.5 Å². The van der Waals surface area contributed by atoms with Gasteiger partial charge >= 0.3 is 30.7 Å². The second-order valence-corrected chi connectivity index (χ2v) is 9.54. The van der Waals surface area contributed by atoms with Crippen LogP contribution in [0.4, 0.5) is 54.8 Å². The molecule has 2 aromatic carbocycles. The van der Waals surface area contributed by atoms with E-state index in [1.54, 1.807) is 6.92 Å². The van der Waals surface area contributed by atoms with Crippen LogP contribution in [0.2, 0.25) is 0 Å². The Labute approximate surface area is 235 Å². The Kier molecular flexibility index (Phi) is 9.62. The van der Waals surface area contributed by atoms with Gasteiger partial charge in [0, 0.05) is 6.54 Å². The molecule has 1 unspecified atom stereocenters. The van der Waals surface area contributed by atoms with Crippen molar-refractivity contribution in [2.75, 3.05) is 18.6 Å². The lowest BCUT2D eigenvalue weighted by atomic mass is 9.78. The number of alkyl halides is 9. The molecule has 0 aliphatic carbocycles. The summed E-state index contributed by atoms with van der Waals surface area (Å²) in [6.45, 7) is 1.83. The molecule has 0 bridgehead atoms. The molecule has 0 fully saturated rings. The van der Waals surface area contributed by atoms with Crippen LogP contribution in [0.15, 0.2) is 42.5 Å². The Morgan fingerprint density at radius 3 is 1.95 bits per heavy atom. The van der Waals surface area contributed by atoms with Crippen LogP contribution in [0.25, 0.3) is 0 Å². The first-order valence-corrected chi connectivity index (χ1v) is 12.7. The largest absolute Gasteiger partial charge is 0.453 e. The number of carbonyl (C=O) groups is 2. The van der Waals surface area contributed by atoms with Gasteiger partial charge in [-0.15, -0.1) is 0 Å². The van der Waals surface area contributed by atoms with Gasteiger partial charge in [-0.1, -0.05) is 32.0 Å². The molecule has 3 rings (SSSR count). The van der Waals surface area contributed by atoms with Crippen LogP contribution in [0, 0.1) is 5.92 Å². The van der Waals surface area contributed by atoms with Crippen LogP contribution in [0.3, 0.4) is 0 Å². The summed E-state index contributed by atoms with van der Waals surface area (Å²) in [5.41, 5.74) is -4.44. The predicted octanol–water partition coefficient (Wildman–Crippen LogP) is 8.36. The summed E-state index contributed by atoms with van der Waals surface area (Å²) in [4.78, 5) is 27.3. The van der Waals surface area contributed by atoms with Crippen molar-refractivity contribution in [3.63, 3.8) is 0 Å². The van der Waals surface area contributed by atoms with E-state index in [9.17, 15) is 49.1 Å². The van der Waals surface area contributed by atoms with Crippen molar-refractivity contribution in [3.05, 3.63) is 64.7 Å². The van der Waals surface area contributed by atoms with Crippen LogP contribution in [-0.4, -0.2) is 43.0 Å². The van der Waals surface area contributed by atoms with Gasteiger partial charge in [-0.25, -0.2) is 9.59 Å². The van der Waals surface area contributed by atoms with Gasteiger partial charge in [0.25, 0.3) is 0 Å². The first kappa shape index (κ1) is 32.9. The Hall–Kier alpha value is -3.65. The summed E-state index contributed by atoms with van der Waals surface area (Å²) in [6, 6.07) is 2.10. The number of fused-ring (bicyclic) bond motifs is 1. The average Bonchev–Trinajstić information content (AvgIpc) is 2.91. The number of halogens is 9. The molecule has 0 spiro atoms. The second-order valence-electron chi connectivity index (χ2n) is 9.54. The molecular formula is C27H27F9N2O4. The molecule has 1 heterocycles. The van der Waals surface area contributed by atoms with Crippen molar-refractivity contribution in [1.82, 2.24) is 4.90 Å². The Bertz CT molecular complexity index is 1250. The summed E-state index contributed by atoms with van der Waals surface area (Å²) in [7, 11) is 0.811. The van der Waals surface area contributed by atoms with E-state index in [-0.39, 0.29) is 30.3 Å². The summed E-state index contributed by atoms with van der Waals surface area (Å²) in [5.74, 6) is -2.53. The topological polar surface area (TPSA) is 59.1 Å². The Balaban J connectivity index is 2.28. The van der Waals surface area contributed by atoms with Crippen LogP contribution < -0.4 is 4.90 Å². The summed E-state index contributed by atoms with van der Waals surface area (Å²) in [6.07, 6.45) is -18.0. The SMILES string of the molecule is CCCOC(=O)N1c2ccccc2C(N(Cc2cc(C(F)(F)F)cc(C(F)(F)F)c2)C(=O)OC)[C@@H](C(F)(F)F)[C@H]1CC. The summed E-state index contributed by atoms with van der Waals surface area (Å²) < 4.78 is 135. The van der Waals surface area contributed by atoms with Crippen molar-refractivity contribution in [1.29, 1.82) is 0 Å². The monoisotopic (exact) mass is 614 g/mol. The molecule has 15 heteroatoms. The third-order valence-electron chi connectivity index (χ3n) is 6.77. The molecule has 0 aromatic heterocycles. The fourth-order valence-corrected chi connectivity index (χ4v) is 5.09. The highest BCUT2D eigenvalue weighted by molar-refractivity contribution is 5.90. The zero-order valence-corrected chi connectivity index (χ0v) is 22.5. The maximum absolute atomic E-state index is 14.9. The van der Waals surface area contributed by atoms with Crippen molar-refractivity contribution in [2.24, 2.45) is 5.92 Å². The first-order valence-electron chi connectivity index (χ1n) is 12.7. The number of anilines is 1. The molecule has 2 aromatic rings. The molecule has 0 saturated heterocycles. The van der Waals surface area contributed by atoms with Gasteiger partial charge in [-0.05, 0) is 48.2 Å². The lowest BCUT2D eigenvalue weighted by Gasteiger charge is -2.49. The van der Waals surface area contributed by atoms with E-state index in [0.717, 1.165) is 12.0 Å². The molecule has 2 amide bonds. The second kappa shape index (κ2) is 12.3. The minimum atomic E-state index is -5.23. The average molecular weight is 615 g/mol. The third kappa shape index (κ3) is 6.86. The normalized spacial score (nSPS) is 19.2. The molecule has 6 nitrogen and oxygen atoms in total. The van der Waals surface area contributed by atoms with Crippen molar-refractivity contribution >= 4 is 17.9 Å². The van der Waals surface area contributed by atoms with Crippen molar-refractivity contribution in [3.8, 4) is 0 Å². The Morgan fingerprint density at radius 2 is 1.48 bits per heavy atom. The van der Waals surface area contributed by atoms with Gasteiger partial charge in [-0.3, -0.25) is 9.80 Å². The van der Waals surface area contributed by atoms with E-state index < -0.39 is 72.0 Å². The Morgan fingerprint density at radius 1 is 0.905 bits per heavy atom. The number of rotatable bonds is 6. The summed E-state index contributed by atoms with van der Waals surface area (Å²) >= 11 is 0. The van der Waals surface area contributed by atoms with Crippen molar-refractivity contribution in [2.45, 2.75) is 63.8 Å². The highest BCUT2D eigenvalue weighted by Crippen LogP contribution is 2.52. The standard InChI is InChI=1S/C27H27F9N2O4/c1-4-10-42-24(40)38-19(5-2)21(27(34,35)36)22(18-8-6-7-9-20(18)38)37(23(39)41-3)14-15-11-16(25(28,29)30)13-17(12-15)26(31,32)33/h6-9,11-13,19,21-22H,4-5,10,14H2,1-3H3/t19-,21+,22?/m1/s1. The van der Waals surface area contributed by atoms with Gasteiger partial charge in [0.15, 0.2) is 0 Å². The van der Waals surface area contributed by atoms with Crippen LogP contribution in [0.1, 0.15) is 55.0 Å². The maximum atomic E-state index is 14.9.